The van der Waals surface area contributed by atoms with Gasteiger partial charge in [0.1, 0.15) is 30.2 Å². The van der Waals surface area contributed by atoms with Gasteiger partial charge in [0, 0.05) is 19.4 Å². The molecule has 1 aromatic rings. The largest absolute Gasteiger partial charge is 0.481 e. The van der Waals surface area contributed by atoms with Crippen molar-refractivity contribution in [3.05, 3.63) is 35.9 Å². The van der Waals surface area contributed by atoms with Crippen LogP contribution >= 0.6 is 0 Å². The Morgan fingerprint density at radius 3 is 1.73 bits per heavy atom. The normalized spacial score (nSPS) is 14.6. The first-order chi connectivity index (χ1) is 22.9. The van der Waals surface area contributed by atoms with Crippen LogP contribution in [0.2, 0.25) is 0 Å². The van der Waals surface area contributed by atoms with Gasteiger partial charge in [0.2, 0.25) is 35.4 Å². The number of nitrogens with one attached hydrogen (secondary N) is 5. The minimum Gasteiger partial charge on any atom is -0.481 e. The van der Waals surface area contributed by atoms with Gasteiger partial charge in [-0.15, -0.1) is 0 Å². The molecule has 0 spiro atoms. The highest BCUT2D eigenvalue weighted by Crippen LogP contribution is 2.09. The average molecular weight is 694 g/mol. The zero-order valence-electron chi connectivity index (χ0n) is 27.6. The van der Waals surface area contributed by atoms with Crippen LogP contribution in [0.25, 0.3) is 0 Å². The van der Waals surface area contributed by atoms with Crippen LogP contribution in [0.5, 0.6) is 0 Å². The number of hydrogen-bond donors (Lipinski definition) is 10. The van der Waals surface area contributed by atoms with Gasteiger partial charge in [-0.2, -0.15) is 0 Å². The number of hydrogen-bond acceptors (Lipinski definition) is 10. The Balaban J connectivity index is 3.09. The maximum absolute atomic E-state index is 13.2. The lowest BCUT2D eigenvalue weighted by atomic mass is 10.0. The topological polar surface area (TPSA) is 309 Å². The van der Waals surface area contributed by atoms with E-state index in [1.165, 1.54) is 6.92 Å². The standard InChI is InChI=1S/C31H47N7O11/c1-16(2)13-23(31(48)49)38-30(47)22(14-18-7-5-4-6-8-18)37-26(43)17(3)34-28(45)21(11-12-39)36-29(46)20(9-10-24(33)40)35-27(44)19(32)15-25(41)42/h4-8,16-17,19-23,39H,9-15,32H2,1-3H3,(H2,33,40)(H,34,45)(H,35,44)(H,36,46)(H,37,43)(H,38,47)(H,41,42)(H,48,49)/t17-,19-,20-,21-,22-,23-/m0/s1. The maximum atomic E-state index is 13.2. The Bertz CT molecular complexity index is 1330. The summed E-state index contributed by atoms with van der Waals surface area (Å²) in [5.74, 6) is -8.02. The molecule has 0 saturated carbocycles. The molecule has 0 aliphatic rings. The Labute approximate surface area is 283 Å². The number of carboxylic acids is 2. The van der Waals surface area contributed by atoms with Crippen molar-refractivity contribution in [2.75, 3.05) is 6.61 Å². The number of carbonyl (C=O) groups excluding carboxylic acids is 6. The van der Waals surface area contributed by atoms with Crippen molar-refractivity contribution in [2.45, 2.75) is 95.5 Å². The monoisotopic (exact) mass is 693 g/mol. The highest BCUT2D eigenvalue weighted by atomic mass is 16.4. The number of rotatable bonds is 22. The lowest BCUT2D eigenvalue weighted by Crippen LogP contribution is -2.59. The average Bonchev–Trinajstić information content (AvgIpc) is 3.01. The number of amides is 6. The van der Waals surface area contributed by atoms with Gasteiger partial charge in [-0.25, -0.2) is 4.79 Å². The van der Waals surface area contributed by atoms with Crippen molar-refractivity contribution >= 4 is 47.4 Å². The molecule has 0 unspecified atom stereocenters. The summed E-state index contributed by atoms with van der Waals surface area (Å²) < 4.78 is 0. The van der Waals surface area contributed by atoms with Gasteiger partial charge in [0.25, 0.3) is 0 Å². The van der Waals surface area contributed by atoms with Crippen LogP contribution in [0.15, 0.2) is 30.3 Å². The summed E-state index contributed by atoms with van der Waals surface area (Å²) in [5.41, 5.74) is 11.4. The molecule has 18 nitrogen and oxygen atoms in total. The molecule has 0 saturated heterocycles. The zero-order valence-corrected chi connectivity index (χ0v) is 27.6. The van der Waals surface area contributed by atoms with E-state index in [2.05, 4.69) is 26.6 Å². The first kappa shape index (κ1) is 41.9. The predicted molar refractivity (Wildman–Crippen MR) is 173 cm³/mol. The van der Waals surface area contributed by atoms with E-state index in [0.717, 1.165) is 0 Å². The molecule has 272 valence electrons. The fraction of sp³-hybridized carbons (Fsp3) is 0.548. The third-order valence-corrected chi connectivity index (χ3v) is 7.08. The fourth-order valence-electron chi connectivity index (χ4n) is 4.49. The molecule has 0 bridgehead atoms. The van der Waals surface area contributed by atoms with E-state index in [1.807, 2.05) is 0 Å². The highest BCUT2D eigenvalue weighted by molar-refractivity contribution is 5.96. The number of nitrogens with two attached hydrogens (primary N) is 2. The van der Waals surface area contributed by atoms with Crippen LogP contribution < -0.4 is 38.1 Å². The second-order valence-electron chi connectivity index (χ2n) is 11.9. The number of carboxylic acid groups (broad SMARTS) is 2. The van der Waals surface area contributed by atoms with Crippen LogP contribution in [0.4, 0.5) is 0 Å². The van der Waals surface area contributed by atoms with Crippen LogP contribution in [0.1, 0.15) is 58.4 Å². The number of aliphatic hydroxyl groups is 1. The Hall–Kier alpha value is -5.10. The quantitative estimate of drug-likeness (QED) is 0.0591. The minimum atomic E-state index is -1.53. The first-order valence-corrected chi connectivity index (χ1v) is 15.6. The summed E-state index contributed by atoms with van der Waals surface area (Å²) in [4.78, 5) is 99.0. The molecule has 1 rings (SSSR count). The van der Waals surface area contributed by atoms with Gasteiger partial charge in [-0.05, 0) is 37.7 Å². The molecule has 1 aromatic carbocycles. The molecule has 0 aromatic heterocycles. The number of carbonyl (C=O) groups is 8. The lowest BCUT2D eigenvalue weighted by Gasteiger charge is -2.26. The molecule has 0 aliphatic carbocycles. The smallest absolute Gasteiger partial charge is 0.326 e. The molecule has 18 heteroatoms. The van der Waals surface area contributed by atoms with E-state index in [-0.39, 0.29) is 38.0 Å². The number of aliphatic hydroxyl groups excluding tert-OH is 1. The molecule has 0 radical (unpaired) electrons. The van der Waals surface area contributed by atoms with Crippen LogP contribution in [0.3, 0.4) is 0 Å². The second kappa shape index (κ2) is 21.0. The van der Waals surface area contributed by atoms with Crippen molar-refractivity contribution < 1.29 is 53.7 Å². The molecular weight excluding hydrogens is 646 g/mol. The highest BCUT2D eigenvalue weighted by Gasteiger charge is 2.32. The van der Waals surface area contributed by atoms with E-state index in [4.69, 9.17) is 16.6 Å². The van der Waals surface area contributed by atoms with Crippen LogP contribution in [-0.2, 0) is 44.8 Å². The van der Waals surface area contributed by atoms with Gasteiger partial charge < -0.3 is 53.4 Å². The Kier molecular flexibility index (Phi) is 18.0. The maximum Gasteiger partial charge on any atom is 0.326 e. The molecule has 0 heterocycles. The first-order valence-electron chi connectivity index (χ1n) is 15.6. The van der Waals surface area contributed by atoms with Gasteiger partial charge in [-0.3, -0.25) is 33.6 Å². The molecule has 0 fully saturated rings. The van der Waals surface area contributed by atoms with Crippen LogP contribution in [0, 0.1) is 5.92 Å². The molecule has 49 heavy (non-hydrogen) atoms. The van der Waals surface area contributed by atoms with Crippen molar-refractivity contribution in [3.8, 4) is 0 Å². The predicted octanol–water partition coefficient (Wildman–Crippen LogP) is -2.75. The van der Waals surface area contributed by atoms with E-state index < -0.39 is 96.7 Å². The van der Waals surface area contributed by atoms with Crippen molar-refractivity contribution in [2.24, 2.45) is 17.4 Å². The van der Waals surface area contributed by atoms with Crippen LogP contribution in [-0.4, -0.2) is 106 Å². The molecule has 12 N–H and O–H groups in total. The number of benzene rings is 1. The van der Waals surface area contributed by atoms with Gasteiger partial charge in [0.15, 0.2) is 0 Å². The third kappa shape index (κ3) is 16.0. The van der Waals surface area contributed by atoms with E-state index in [9.17, 15) is 48.6 Å². The summed E-state index contributed by atoms with van der Waals surface area (Å²) in [5, 5.41) is 39.9. The van der Waals surface area contributed by atoms with Crippen molar-refractivity contribution in [3.63, 3.8) is 0 Å². The third-order valence-electron chi connectivity index (χ3n) is 7.08. The van der Waals surface area contributed by atoms with Gasteiger partial charge >= 0.3 is 11.9 Å². The Morgan fingerprint density at radius 1 is 0.694 bits per heavy atom. The fourth-order valence-corrected chi connectivity index (χ4v) is 4.49. The summed E-state index contributed by atoms with van der Waals surface area (Å²) in [6.07, 6.45) is -1.67. The zero-order chi connectivity index (χ0) is 37.3. The minimum absolute atomic E-state index is 0.00910. The van der Waals surface area contributed by atoms with E-state index in [0.29, 0.717) is 5.56 Å². The molecular formula is C31H47N7O11. The molecule has 6 amide bonds. The van der Waals surface area contributed by atoms with Crippen molar-refractivity contribution in [1.29, 1.82) is 0 Å². The molecule has 6 atom stereocenters. The second-order valence-corrected chi connectivity index (χ2v) is 11.9. The Morgan fingerprint density at radius 2 is 1.20 bits per heavy atom. The summed E-state index contributed by atoms with van der Waals surface area (Å²) in [7, 11) is 0. The number of primary amides is 1. The lowest BCUT2D eigenvalue weighted by molar-refractivity contribution is -0.142. The molecule has 0 aliphatic heterocycles. The van der Waals surface area contributed by atoms with Gasteiger partial charge in [-0.1, -0.05) is 44.2 Å². The number of aliphatic carboxylic acids is 2. The van der Waals surface area contributed by atoms with Gasteiger partial charge in [0.05, 0.1) is 12.5 Å². The van der Waals surface area contributed by atoms with E-state index >= 15 is 0 Å². The summed E-state index contributed by atoms with van der Waals surface area (Å²) in [6.45, 7) is 4.27. The summed E-state index contributed by atoms with van der Waals surface area (Å²) in [6, 6.07) is 0.393. The van der Waals surface area contributed by atoms with Crippen molar-refractivity contribution in [1.82, 2.24) is 26.6 Å². The SMILES string of the molecule is CC(C)C[C@H](NC(=O)[C@H](Cc1ccccc1)NC(=O)[C@H](C)NC(=O)[C@H](CCO)NC(=O)[C@H](CCC(N)=O)NC(=O)[C@@H](N)CC(=O)O)C(=O)O. The van der Waals surface area contributed by atoms with E-state index in [1.54, 1.807) is 44.2 Å². The summed E-state index contributed by atoms with van der Waals surface area (Å²) >= 11 is 0.